The Kier molecular flexibility index (Phi) is 7.96. The van der Waals surface area contributed by atoms with E-state index in [-0.39, 0.29) is 0 Å². The van der Waals surface area contributed by atoms with E-state index >= 15 is 0 Å². The summed E-state index contributed by atoms with van der Waals surface area (Å²) in [6, 6.07) is 0. The summed E-state index contributed by atoms with van der Waals surface area (Å²) in [5, 5.41) is 0. The lowest BCUT2D eigenvalue weighted by atomic mass is 10.4. The van der Waals surface area contributed by atoms with E-state index in [1.165, 1.54) is 0 Å². The monoisotopic (exact) mass is 159 g/mol. The normalized spacial score (nSPS) is 10.9. The molecule has 0 fully saturated rings. The van der Waals surface area contributed by atoms with Gasteiger partial charge in [-0.1, -0.05) is 6.92 Å². The van der Waals surface area contributed by atoms with Crippen LogP contribution in [0.15, 0.2) is 0 Å². The molecule has 0 rings (SSSR count). The second-order valence-electron chi connectivity index (χ2n) is 2.72. The first-order chi connectivity index (χ1) is 5.27. The highest BCUT2D eigenvalue weighted by atomic mass is 16.5. The average molecular weight is 159 g/mol. The van der Waals surface area contributed by atoms with Gasteiger partial charge in [-0.25, -0.2) is 0 Å². The quantitative estimate of drug-likeness (QED) is 0.531. The molecule has 0 spiro atoms. The van der Waals surface area contributed by atoms with Crippen LogP contribution in [-0.2, 0) is 9.47 Å². The summed E-state index contributed by atoms with van der Waals surface area (Å²) in [5.74, 6) is 0. The van der Waals surface area contributed by atoms with Gasteiger partial charge in [0.05, 0.1) is 12.7 Å². The smallest absolute Gasteiger partial charge is 0.0833 e. The highest BCUT2D eigenvalue weighted by Gasteiger charge is 1.92. The molecular formula is C9H19O2. The van der Waals surface area contributed by atoms with Gasteiger partial charge in [-0.3, -0.25) is 0 Å². The summed E-state index contributed by atoms with van der Waals surface area (Å²) in [4.78, 5) is 0. The van der Waals surface area contributed by atoms with Crippen molar-refractivity contribution in [2.75, 3.05) is 13.2 Å². The van der Waals surface area contributed by atoms with Crippen molar-refractivity contribution >= 4 is 0 Å². The van der Waals surface area contributed by atoms with Gasteiger partial charge < -0.3 is 9.47 Å². The molecule has 2 heteroatoms. The highest BCUT2D eigenvalue weighted by molar-refractivity contribution is 4.45. The van der Waals surface area contributed by atoms with E-state index < -0.39 is 0 Å². The third-order valence-corrected chi connectivity index (χ3v) is 1.14. The Balaban J connectivity index is 2.80. The Bertz CT molecular complexity index is 72.0. The van der Waals surface area contributed by atoms with Gasteiger partial charge in [0.15, 0.2) is 0 Å². The molecule has 0 aromatic rings. The summed E-state index contributed by atoms with van der Waals surface area (Å²) in [6.07, 6.45) is 2.30. The molecule has 0 saturated heterocycles. The van der Waals surface area contributed by atoms with Gasteiger partial charge in [-0.15, -0.1) is 0 Å². The maximum Gasteiger partial charge on any atom is 0.0833 e. The van der Waals surface area contributed by atoms with Crippen LogP contribution in [-0.4, -0.2) is 19.3 Å². The Hall–Kier alpha value is -0.0800. The van der Waals surface area contributed by atoms with Gasteiger partial charge in [0.1, 0.15) is 0 Å². The van der Waals surface area contributed by atoms with Crippen molar-refractivity contribution in [2.45, 2.75) is 39.7 Å². The molecule has 1 radical (unpaired) electrons. The van der Waals surface area contributed by atoms with Crippen LogP contribution in [0.3, 0.4) is 0 Å². The van der Waals surface area contributed by atoms with Crippen LogP contribution in [0, 0.1) is 6.61 Å². The molecule has 0 aliphatic rings. The van der Waals surface area contributed by atoms with E-state index in [0.717, 1.165) is 26.1 Å². The first kappa shape index (κ1) is 10.9. The van der Waals surface area contributed by atoms with Crippen LogP contribution in [0.1, 0.15) is 33.6 Å². The minimum absolute atomic E-state index is 0.338. The molecule has 0 heterocycles. The predicted octanol–water partition coefficient (Wildman–Crippen LogP) is 2.39. The lowest BCUT2D eigenvalue weighted by Crippen LogP contribution is -2.05. The van der Waals surface area contributed by atoms with Crippen LogP contribution in [0.25, 0.3) is 0 Å². The van der Waals surface area contributed by atoms with Gasteiger partial charge in [0, 0.05) is 13.2 Å². The number of ether oxygens (including phenoxy) is 2. The number of hydrogen-bond donors (Lipinski definition) is 0. The molecule has 11 heavy (non-hydrogen) atoms. The Morgan fingerprint density at radius 2 is 2.00 bits per heavy atom. The maximum atomic E-state index is 5.33. The second-order valence-corrected chi connectivity index (χ2v) is 2.72. The predicted molar refractivity (Wildman–Crippen MR) is 46.2 cm³/mol. The van der Waals surface area contributed by atoms with Gasteiger partial charge >= 0.3 is 0 Å². The fraction of sp³-hybridized carbons (Fsp3) is 0.889. The molecule has 0 N–H and O–H groups in total. The standard InChI is InChI=1S/C9H19O2/c1-4-6-10-7-5-8-11-9(2)3/h6,9H,4-5,7-8H2,1-3H3. The maximum absolute atomic E-state index is 5.33. The molecule has 0 aliphatic carbocycles. The molecule has 0 saturated carbocycles. The van der Waals surface area contributed by atoms with Gasteiger partial charge in [0.25, 0.3) is 0 Å². The SMILES string of the molecule is CC[CH]OCCCOC(C)C. The zero-order chi connectivity index (χ0) is 8.53. The average Bonchev–Trinajstić information content (AvgIpc) is 1.96. The lowest BCUT2D eigenvalue weighted by molar-refractivity contribution is 0.0610. The van der Waals surface area contributed by atoms with Crippen molar-refractivity contribution in [2.24, 2.45) is 0 Å². The molecule has 0 aromatic carbocycles. The Morgan fingerprint density at radius 1 is 1.27 bits per heavy atom. The van der Waals surface area contributed by atoms with Gasteiger partial charge in [0.2, 0.25) is 0 Å². The van der Waals surface area contributed by atoms with Crippen LogP contribution in [0.5, 0.6) is 0 Å². The van der Waals surface area contributed by atoms with Gasteiger partial charge in [-0.05, 0) is 26.7 Å². The van der Waals surface area contributed by atoms with Crippen molar-refractivity contribution < 1.29 is 9.47 Å². The molecule has 2 nitrogen and oxygen atoms in total. The van der Waals surface area contributed by atoms with Crippen LogP contribution >= 0.6 is 0 Å². The molecule has 0 aliphatic heterocycles. The van der Waals surface area contributed by atoms with Crippen LogP contribution in [0.4, 0.5) is 0 Å². The molecule has 67 valence electrons. The summed E-state index contributed by atoms with van der Waals surface area (Å²) in [7, 11) is 0. The largest absolute Gasteiger partial charge is 0.379 e. The minimum atomic E-state index is 0.338. The van der Waals surface area contributed by atoms with E-state index in [0.29, 0.717) is 6.10 Å². The van der Waals surface area contributed by atoms with E-state index in [9.17, 15) is 0 Å². The molecule has 0 bridgehead atoms. The second kappa shape index (κ2) is 8.02. The minimum Gasteiger partial charge on any atom is -0.379 e. The van der Waals surface area contributed by atoms with E-state index in [1.54, 1.807) is 0 Å². The number of rotatable bonds is 7. The zero-order valence-electron chi connectivity index (χ0n) is 7.80. The van der Waals surface area contributed by atoms with Gasteiger partial charge in [-0.2, -0.15) is 0 Å². The van der Waals surface area contributed by atoms with Crippen molar-refractivity contribution in [3.8, 4) is 0 Å². The zero-order valence-corrected chi connectivity index (χ0v) is 7.80. The fourth-order valence-electron chi connectivity index (χ4n) is 0.662. The van der Waals surface area contributed by atoms with Crippen molar-refractivity contribution in [3.05, 3.63) is 6.61 Å². The third kappa shape index (κ3) is 9.92. The summed E-state index contributed by atoms with van der Waals surface area (Å²) in [5.41, 5.74) is 0. The lowest BCUT2D eigenvalue weighted by Gasteiger charge is -2.06. The summed E-state index contributed by atoms with van der Waals surface area (Å²) in [6.45, 7) is 9.55. The Labute approximate surface area is 69.9 Å². The van der Waals surface area contributed by atoms with E-state index in [4.69, 9.17) is 9.47 Å². The molecule has 0 aromatic heterocycles. The van der Waals surface area contributed by atoms with Crippen molar-refractivity contribution in [3.63, 3.8) is 0 Å². The van der Waals surface area contributed by atoms with Crippen LogP contribution < -0.4 is 0 Å². The van der Waals surface area contributed by atoms with Crippen LogP contribution in [0.2, 0.25) is 0 Å². The highest BCUT2D eigenvalue weighted by Crippen LogP contribution is 1.93. The fourth-order valence-corrected chi connectivity index (χ4v) is 0.662. The molecule has 0 atom stereocenters. The van der Waals surface area contributed by atoms with E-state index in [1.807, 2.05) is 20.5 Å². The first-order valence-electron chi connectivity index (χ1n) is 4.32. The third-order valence-electron chi connectivity index (χ3n) is 1.14. The van der Waals surface area contributed by atoms with Crippen molar-refractivity contribution in [1.29, 1.82) is 0 Å². The van der Waals surface area contributed by atoms with Crippen molar-refractivity contribution in [1.82, 2.24) is 0 Å². The molecule has 0 amide bonds. The first-order valence-corrected chi connectivity index (χ1v) is 4.32. The molecule has 0 unspecified atom stereocenters. The summed E-state index contributed by atoms with van der Waals surface area (Å²) >= 11 is 0. The summed E-state index contributed by atoms with van der Waals surface area (Å²) < 4.78 is 10.5. The Morgan fingerprint density at radius 3 is 2.55 bits per heavy atom. The topological polar surface area (TPSA) is 18.5 Å². The molecular weight excluding hydrogens is 140 g/mol. The number of hydrogen-bond acceptors (Lipinski definition) is 2. The van der Waals surface area contributed by atoms with E-state index in [2.05, 4.69) is 6.92 Å².